The molecule has 0 atom stereocenters. The monoisotopic (exact) mass is 268 g/mol. The smallest absolute Gasteiger partial charge is 0.332 e. The zero-order chi connectivity index (χ0) is 14.4. The second-order valence-corrected chi connectivity index (χ2v) is 4.91. The van der Waals surface area contributed by atoms with E-state index in [9.17, 15) is 24.6 Å². The molecule has 106 valence electrons. The molecule has 1 aliphatic carbocycles. The molecule has 5 nitrogen and oxygen atoms in total. The highest BCUT2D eigenvalue weighted by Gasteiger charge is 2.29. The number of carboxylic acid groups (broad SMARTS) is 2. The van der Waals surface area contributed by atoms with E-state index in [4.69, 9.17) is 0 Å². The van der Waals surface area contributed by atoms with Crippen LogP contribution in [0, 0.1) is 5.92 Å². The lowest BCUT2D eigenvalue weighted by Crippen LogP contribution is -2.22. The standard InChI is InChI=1S/C14H20O5/c1-2-10(15)8-11(13(16)17)12(14(18)19)9-6-4-3-5-7-9/h9H,2-8H2,1H3,(H,16,17)(H,18,19). The molecule has 1 fully saturated rings. The normalized spacial score (nSPS) is 17.7. The molecule has 5 heteroatoms. The predicted octanol–water partition coefficient (Wildman–Crippen LogP) is 2.40. The van der Waals surface area contributed by atoms with Gasteiger partial charge in [0.1, 0.15) is 5.78 Å². The third kappa shape index (κ3) is 4.19. The lowest BCUT2D eigenvalue weighted by Gasteiger charge is -2.23. The molecule has 0 saturated heterocycles. The van der Waals surface area contributed by atoms with Gasteiger partial charge in [-0.1, -0.05) is 26.2 Å². The van der Waals surface area contributed by atoms with Crippen molar-refractivity contribution in [1.29, 1.82) is 0 Å². The van der Waals surface area contributed by atoms with Crippen LogP contribution in [0.15, 0.2) is 11.1 Å². The molecule has 0 spiro atoms. The van der Waals surface area contributed by atoms with Crippen molar-refractivity contribution in [2.24, 2.45) is 5.92 Å². The summed E-state index contributed by atoms with van der Waals surface area (Å²) >= 11 is 0. The third-order valence-corrected chi connectivity index (χ3v) is 3.60. The second kappa shape index (κ2) is 7.07. The molecule has 0 aromatic carbocycles. The number of carboxylic acids is 2. The van der Waals surface area contributed by atoms with E-state index in [0.29, 0.717) is 12.8 Å². The van der Waals surface area contributed by atoms with Crippen molar-refractivity contribution in [3.8, 4) is 0 Å². The van der Waals surface area contributed by atoms with Gasteiger partial charge in [0.2, 0.25) is 0 Å². The Hall–Kier alpha value is -1.65. The van der Waals surface area contributed by atoms with E-state index in [-0.39, 0.29) is 35.7 Å². The average molecular weight is 268 g/mol. The van der Waals surface area contributed by atoms with Crippen LogP contribution in [-0.4, -0.2) is 27.9 Å². The minimum Gasteiger partial charge on any atom is -0.478 e. The fourth-order valence-corrected chi connectivity index (χ4v) is 2.55. The lowest BCUT2D eigenvalue weighted by molar-refractivity contribution is -0.137. The Bertz CT molecular complexity index is 402. The summed E-state index contributed by atoms with van der Waals surface area (Å²) in [5, 5.41) is 18.5. The van der Waals surface area contributed by atoms with Gasteiger partial charge in [0.15, 0.2) is 0 Å². The summed E-state index contributed by atoms with van der Waals surface area (Å²) in [6, 6.07) is 0. The van der Waals surface area contributed by atoms with Crippen LogP contribution < -0.4 is 0 Å². The van der Waals surface area contributed by atoms with Crippen molar-refractivity contribution in [3.63, 3.8) is 0 Å². The van der Waals surface area contributed by atoms with E-state index < -0.39 is 11.9 Å². The summed E-state index contributed by atoms with van der Waals surface area (Å²) < 4.78 is 0. The van der Waals surface area contributed by atoms with Crippen LogP contribution in [0.4, 0.5) is 0 Å². The molecule has 0 radical (unpaired) electrons. The van der Waals surface area contributed by atoms with Crippen LogP contribution >= 0.6 is 0 Å². The van der Waals surface area contributed by atoms with E-state index in [2.05, 4.69) is 0 Å². The highest BCUT2D eigenvalue weighted by atomic mass is 16.4. The molecule has 0 amide bonds. The molecule has 2 N–H and O–H groups in total. The Kier molecular flexibility index (Phi) is 5.73. The van der Waals surface area contributed by atoms with Crippen LogP contribution in [-0.2, 0) is 14.4 Å². The number of rotatable bonds is 6. The molecule has 1 rings (SSSR count). The Balaban J connectivity index is 3.12. The van der Waals surface area contributed by atoms with Gasteiger partial charge in [-0.3, -0.25) is 4.79 Å². The molecule has 19 heavy (non-hydrogen) atoms. The van der Waals surface area contributed by atoms with E-state index in [1.54, 1.807) is 6.92 Å². The second-order valence-electron chi connectivity index (χ2n) is 4.91. The van der Waals surface area contributed by atoms with Crippen molar-refractivity contribution in [2.45, 2.75) is 51.9 Å². The SMILES string of the molecule is CCC(=O)CC(C(=O)O)=C(C(=O)O)C1CCCCC1. The molecule has 0 aliphatic heterocycles. The summed E-state index contributed by atoms with van der Waals surface area (Å²) in [5.74, 6) is -2.97. The average Bonchev–Trinajstić information content (AvgIpc) is 2.38. The van der Waals surface area contributed by atoms with E-state index in [1.807, 2.05) is 0 Å². The van der Waals surface area contributed by atoms with E-state index in [1.165, 1.54) is 0 Å². The number of hydrogen-bond donors (Lipinski definition) is 2. The van der Waals surface area contributed by atoms with Crippen LogP contribution in [0.5, 0.6) is 0 Å². The Morgan fingerprint density at radius 2 is 1.58 bits per heavy atom. The largest absolute Gasteiger partial charge is 0.478 e. The van der Waals surface area contributed by atoms with Gasteiger partial charge < -0.3 is 10.2 Å². The number of ketones is 1. The summed E-state index contributed by atoms with van der Waals surface area (Å²) in [5.41, 5.74) is -0.291. The summed E-state index contributed by atoms with van der Waals surface area (Å²) in [6.07, 6.45) is 4.20. The molecule has 0 bridgehead atoms. The van der Waals surface area contributed by atoms with Crippen LogP contribution in [0.2, 0.25) is 0 Å². The Morgan fingerprint density at radius 1 is 1.00 bits per heavy atom. The van der Waals surface area contributed by atoms with Crippen LogP contribution in [0.25, 0.3) is 0 Å². The van der Waals surface area contributed by atoms with Crippen molar-refractivity contribution >= 4 is 17.7 Å². The summed E-state index contributed by atoms with van der Waals surface area (Å²) in [4.78, 5) is 34.1. The van der Waals surface area contributed by atoms with Crippen molar-refractivity contribution in [3.05, 3.63) is 11.1 Å². The molecule has 0 aromatic rings. The maximum atomic E-state index is 11.4. The molecule has 0 aromatic heterocycles. The fourth-order valence-electron chi connectivity index (χ4n) is 2.55. The van der Waals surface area contributed by atoms with Gasteiger partial charge in [0.05, 0.1) is 11.1 Å². The maximum Gasteiger partial charge on any atom is 0.332 e. The first-order valence-electron chi connectivity index (χ1n) is 6.68. The first kappa shape index (κ1) is 15.4. The minimum absolute atomic E-state index is 0.0611. The number of hydrogen-bond acceptors (Lipinski definition) is 3. The summed E-state index contributed by atoms with van der Waals surface area (Å²) in [6.45, 7) is 1.64. The molecular weight excluding hydrogens is 248 g/mol. The van der Waals surface area contributed by atoms with Gasteiger partial charge in [-0.15, -0.1) is 0 Å². The molecule has 0 unspecified atom stereocenters. The summed E-state index contributed by atoms with van der Waals surface area (Å²) in [7, 11) is 0. The highest BCUT2D eigenvalue weighted by Crippen LogP contribution is 2.32. The Labute approximate surface area is 112 Å². The van der Waals surface area contributed by atoms with E-state index in [0.717, 1.165) is 19.3 Å². The van der Waals surface area contributed by atoms with Crippen molar-refractivity contribution in [2.75, 3.05) is 0 Å². The first-order valence-corrected chi connectivity index (χ1v) is 6.68. The molecule has 1 saturated carbocycles. The first-order chi connectivity index (χ1) is 8.97. The zero-order valence-corrected chi connectivity index (χ0v) is 11.1. The highest BCUT2D eigenvalue weighted by molar-refractivity contribution is 6.02. The van der Waals surface area contributed by atoms with Gasteiger partial charge in [0, 0.05) is 12.8 Å². The molecule has 0 heterocycles. The minimum atomic E-state index is -1.29. The predicted molar refractivity (Wildman–Crippen MR) is 68.8 cm³/mol. The zero-order valence-electron chi connectivity index (χ0n) is 11.1. The van der Waals surface area contributed by atoms with Gasteiger partial charge in [-0.05, 0) is 18.8 Å². The van der Waals surface area contributed by atoms with Crippen molar-refractivity contribution in [1.82, 2.24) is 0 Å². The number of carbonyl (C=O) groups is 3. The van der Waals surface area contributed by atoms with Crippen molar-refractivity contribution < 1.29 is 24.6 Å². The van der Waals surface area contributed by atoms with E-state index >= 15 is 0 Å². The molecular formula is C14H20O5. The number of carbonyl (C=O) groups excluding carboxylic acids is 1. The van der Waals surface area contributed by atoms with Crippen LogP contribution in [0.3, 0.4) is 0 Å². The van der Waals surface area contributed by atoms with Crippen LogP contribution in [0.1, 0.15) is 51.9 Å². The van der Waals surface area contributed by atoms with Gasteiger partial charge in [-0.25, -0.2) is 9.59 Å². The third-order valence-electron chi connectivity index (χ3n) is 3.60. The number of Topliss-reactive ketones (excluding diaryl/α,β-unsaturated/α-hetero) is 1. The quantitative estimate of drug-likeness (QED) is 0.722. The van der Waals surface area contributed by atoms with Gasteiger partial charge in [-0.2, -0.15) is 0 Å². The van der Waals surface area contributed by atoms with Gasteiger partial charge >= 0.3 is 11.9 Å². The Morgan fingerprint density at radius 3 is 2.00 bits per heavy atom. The van der Waals surface area contributed by atoms with Gasteiger partial charge in [0.25, 0.3) is 0 Å². The topological polar surface area (TPSA) is 91.7 Å². The lowest BCUT2D eigenvalue weighted by atomic mass is 9.81. The maximum absolute atomic E-state index is 11.4. The number of aliphatic carboxylic acids is 2. The molecule has 1 aliphatic rings. The fraction of sp³-hybridized carbons (Fsp3) is 0.643.